The number of carboxylic acid groups (broad SMARTS) is 1. The van der Waals surface area contributed by atoms with Gasteiger partial charge in [-0.1, -0.05) is 33.1 Å². The second-order valence-corrected chi connectivity index (χ2v) is 6.97. The van der Waals surface area contributed by atoms with Gasteiger partial charge in [0.1, 0.15) is 0 Å². The highest BCUT2D eigenvalue weighted by Crippen LogP contribution is 2.44. The van der Waals surface area contributed by atoms with E-state index in [2.05, 4.69) is 19.2 Å². The van der Waals surface area contributed by atoms with Gasteiger partial charge in [0.25, 0.3) is 0 Å². The van der Waals surface area contributed by atoms with E-state index < -0.39 is 11.4 Å². The number of nitrogens with one attached hydrogen (secondary N) is 1. The first-order valence-electron chi connectivity index (χ1n) is 7.39. The molecule has 0 radical (unpaired) electrons. The molecular weight excluding hydrogens is 242 g/mol. The third-order valence-corrected chi connectivity index (χ3v) is 5.11. The maximum atomic E-state index is 12.1. The quantitative estimate of drug-likeness (QED) is 0.823. The van der Waals surface area contributed by atoms with E-state index in [1.54, 1.807) is 0 Å². The molecule has 2 aliphatic carbocycles. The number of carbonyl (C=O) groups excluding carboxylic acids is 1. The van der Waals surface area contributed by atoms with E-state index in [1.165, 1.54) is 6.42 Å². The molecule has 2 N–H and O–H groups in total. The predicted octanol–water partition coefficient (Wildman–Crippen LogP) is 2.72. The summed E-state index contributed by atoms with van der Waals surface area (Å²) >= 11 is 0. The first kappa shape index (κ1) is 14.4. The van der Waals surface area contributed by atoms with E-state index in [4.69, 9.17) is 0 Å². The molecule has 2 saturated carbocycles. The summed E-state index contributed by atoms with van der Waals surface area (Å²) in [5.41, 5.74) is -0.646. The molecule has 1 amide bonds. The summed E-state index contributed by atoms with van der Waals surface area (Å²) in [5, 5.41) is 12.3. The van der Waals surface area contributed by atoms with Crippen LogP contribution in [0.25, 0.3) is 0 Å². The van der Waals surface area contributed by atoms with E-state index in [9.17, 15) is 14.7 Å². The molecule has 0 spiro atoms. The molecule has 0 saturated heterocycles. The van der Waals surface area contributed by atoms with Gasteiger partial charge in [0, 0.05) is 12.5 Å². The molecule has 0 bridgehead atoms. The lowest BCUT2D eigenvalue weighted by Gasteiger charge is -2.41. The van der Waals surface area contributed by atoms with E-state index in [-0.39, 0.29) is 23.8 Å². The van der Waals surface area contributed by atoms with Crippen molar-refractivity contribution in [3.8, 4) is 0 Å². The number of hydrogen-bond acceptors (Lipinski definition) is 2. The molecule has 4 nitrogen and oxygen atoms in total. The zero-order valence-electron chi connectivity index (χ0n) is 12.0. The van der Waals surface area contributed by atoms with Crippen LogP contribution in [-0.2, 0) is 9.59 Å². The molecule has 2 fully saturated rings. The van der Waals surface area contributed by atoms with E-state index in [0.29, 0.717) is 12.8 Å². The highest BCUT2D eigenvalue weighted by molar-refractivity contribution is 5.85. The van der Waals surface area contributed by atoms with Crippen molar-refractivity contribution in [1.29, 1.82) is 0 Å². The van der Waals surface area contributed by atoms with Crippen molar-refractivity contribution in [1.82, 2.24) is 5.32 Å². The third kappa shape index (κ3) is 2.93. The van der Waals surface area contributed by atoms with Crippen LogP contribution in [0.2, 0.25) is 0 Å². The standard InChI is InChI=1S/C15H25NO3/c1-14(2)7-4-3-6-11(14)16-12(17)10-15(13(18)19)8-5-9-15/h11H,3-10H2,1-2H3,(H,16,17)(H,18,19). The molecule has 108 valence electrons. The smallest absolute Gasteiger partial charge is 0.310 e. The number of carboxylic acids is 1. The minimum absolute atomic E-state index is 0.0814. The summed E-state index contributed by atoms with van der Waals surface area (Å²) in [7, 11) is 0. The van der Waals surface area contributed by atoms with Gasteiger partial charge < -0.3 is 10.4 Å². The summed E-state index contributed by atoms with van der Waals surface area (Å²) in [4.78, 5) is 23.4. The number of rotatable bonds is 4. The van der Waals surface area contributed by atoms with Crippen LogP contribution in [0, 0.1) is 10.8 Å². The second-order valence-electron chi connectivity index (χ2n) is 6.97. The van der Waals surface area contributed by atoms with Crippen molar-refractivity contribution in [3.05, 3.63) is 0 Å². The lowest BCUT2D eigenvalue weighted by Crippen LogP contribution is -2.49. The Bertz CT molecular complexity index is 372. The summed E-state index contributed by atoms with van der Waals surface area (Å²) < 4.78 is 0. The Labute approximate surface area is 115 Å². The van der Waals surface area contributed by atoms with Gasteiger partial charge in [-0.15, -0.1) is 0 Å². The zero-order chi connectivity index (χ0) is 14.1. The topological polar surface area (TPSA) is 66.4 Å². The third-order valence-electron chi connectivity index (χ3n) is 5.11. The predicted molar refractivity (Wildman–Crippen MR) is 72.7 cm³/mol. The first-order valence-corrected chi connectivity index (χ1v) is 7.39. The average Bonchev–Trinajstić information content (AvgIpc) is 2.26. The molecule has 0 aromatic heterocycles. The second kappa shape index (κ2) is 5.14. The van der Waals surface area contributed by atoms with Gasteiger partial charge >= 0.3 is 5.97 Å². The molecule has 0 aliphatic heterocycles. The Morgan fingerprint density at radius 3 is 2.32 bits per heavy atom. The summed E-state index contributed by atoms with van der Waals surface area (Å²) in [6.07, 6.45) is 6.87. The lowest BCUT2D eigenvalue weighted by atomic mass is 9.66. The molecule has 2 rings (SSSR count). The van der Waals surface area contributed by atoms with Crippen LogP contribution in [0.4, 0.5) is 0 Å². The summed E-state index contributed by atoms with van der Waals surface area (Å²) in [5.74, 6) is -0.890. The van der Waals surface area contributed by atoms with Crippen molar-refractivity contribution in [2.75, 3.05) is 0 Å². The minimum Gasteiger partial charge on any atom is -0.481 e. The van der Waals surface area contributed by atoms with E-state index in [0.717, 1.165) is 25.7 Å². The van der Waals surface area contributed by atoms with Crippen LogP contribution in [0.5, 0.6) is 0 Å². The molecule has 4 heteroatoms. The highest BCUT2D eigenvalue weighted by Gasteiger charge is 2.46. The molecule has 0 aromatic rings. The molecule has 2 aliphatic rings. The van der Waals surface area contributed by atoms with Gasteiger partial charge in [0.05, 0.1) is 5.41 Å². The number of carbonyl (C=O) groups is 2. The van der Waals surface area contributed by atoms with Crippen molar-refractivity contribution < 1.29 is 14.7 Å². The number of amides is 1. The van der Waals surface area contributed by atoms with Crippen LogP contribution >= 0.6 is 0 Å². The Hall–Kier alpha value is -1.06. The Balaban J connectivity index is 1.92. The van der Waals surface area contributed by atoms with Crippen molar-refractivity contribution >= 4 is 11.9 Å². The molecule has 1 unspecified atom stereocenters. The summed E-state index contributed by atoms with van der Waals surface area (Å²) in [6, 6.07) is 0.194. The fourth-order valence-corrected chi connectivity index (χ4v) is 3.38. The SMILES string of the molecule is CC1(C)CCCCC1NC(=O)CC1(C(=O)O)CCC1. The van der Waals surface area contributed by atoms with Gasteiger partial charge in [-0.05, 0) is 31.1 Å². The molecule has 0 heterocycles. The van der Waals surface area contributed by atoms with Gasteiger partial charge in [-0.3, -0.25) is 9.59 Å². The highest BCUT2D eigenvalue weighted by atomic mass is 16.4. The van der Waals surface area contributed by atoms with Crippen LogP contribution in [0.1, 0.15) is 65.2 Å². The fourth-order valence-electron chi connectivity index (χ4n) is 3.38. The molecule has 19 heavy (non-hydrogen) atoms. The Morgan fingerprint density at radius 1 is 1.16 bits per heavy atom. The monoisotopic (exact) mass is 267 g/mol. The van der Waals surface area contributed by atoms with Gasteiger partial charge in [-0.25, -0.2) is 0 Å². The summed E-state index contributed by atoms with van der Waals surface area (Å²) in [6.45, 7) is 4.38. The van der Waals surface area contributed by atoms with Gasteiger partial charge in [0.15, 0.2) is 0 Å². The van der Waals surface area contributed by atoms with Crippen molar-refractivity contribution in [3.63, 3.8) is 0 Å². The normalized spacial score (nSPS) is 28.2. The van der Waals surface area contributed by atoms with Gasteiger partial charge in [-0.2, -0.15) is 0 Å². The van der Waals surface area contributed by atoms with Crippen LogP contribution in [0.3, 0.4) is 0 Å². The molecule has 0 aromatic carbocycles. The van der Waals surface area contributed by atoms with E-state index in [1.807, 2.05) is 0 Å². The first-order chi connectivity index (χ1) is 8.86. The van der Waals surface area contributed by atoms with E-state index >= 15 is 0 Å². The number of hydrogen-bond donors (Lipinski definition) is 2. The van der Waals surface area contributed by atoms with Crippen LogP contribution in [0.15, 0.2) is 0 Å². The Kier molecular flexibility index (Phi) is 3.88. The molecular formula is C15H25NO3. The lowest BCUT2D eigenvalue weighted by molar-refractivity contribution is -0.157. The van der Waals surface area contributed by atoms with Crippen LogP contribution in [-0.4, -0.2) is 23.0 Å². The maximum Gasteiger partial charge on any atom is 0.310 e. The largest absolute Gasteiger partial charge is 0.481 e. The number of aliphatic carboxylic acids is 1. The minimum atomic E-state index is -0.809. The van der Waals surface area contributed by atoms with Crippen molar-refractivity contribution in [2.45, 2.75) is 71.3 Å². The molecule has 1 atom stereocenters. The fraction of sp³-hybridized carbons (Fsp3) is 0.867. The zero-order valence-corrected chi connectivity index (χ0v) is 12.0. The van der Waals surface area contributed by atoms with Gasteiger partial charge in [0.2, 0.25) is 5.91 Å². The Morgan fingerprint density at radius 2 is 1.84 bits per heavy atom. The average molecular weight is 267 g/mol. The van der Waals surface area contributed by atoms with Crippen molar-refractivity contribution in [2.24, 2.45) is 10.8 Å². The van der Waals surface area contributed by atoms with Crippen LogP contribution < -0.4 is 5.32 Å². The maximum absolute atomic E-state index is 12.1.